The average Bonchev–Trinajstić information content (AvgIpc) is 2.38. The standard InChI is InChI=1S/C16H32N2O6Si/c1-16(2,3)24-14(21)17-9-7-8-12(13(19)20)18-15(22)23-10-11-25(4,5)6/h12H,7-11H2,1-6H3,(H,17,21)(H,18,22)(H,19,20). The number of nitrogens with one attached hydrogen (secondary N) is 2. The van der Waals surface area contributed by atoms with E-state index in [4.69, 9.17) is 14.6 Å². The van der Waals surface area contributed by atoms with Crippen molar-refractivity contribution in [3.05, 3.63) is 0 Å². The van der Waals surface area contributed by atoms with Crippen LogP contribution in [0.2, 0.25) is 25.7 Å². The molecule has 0 aliphatic heterocycles. The van der Waals surface area contributed by atoms with Crippen LogP contribution in [-0.4, -0.2) is 56.1 Å². The van der Waals surface area contributed by atoms with Gasteiger partial charge in [0.2, 0.25) is 0 Å². The Morgan fingerprint density at radius 3 is 2.20 bits per heavy atom. The lowest BCUT2D eigenvalue weighted by atomic mass is 10.1. The first kappa shape index (κ1) is 23.2. The highest BCUT2D eigenvalue weighted by atomic mass is 28.3. The van der Waals surface area contributed by atoms with Crippen LogP contribution in [0.5, 0.6) is 0 Å². The third-order valence-electron chi connectivity index (χ3n) is 3.01. The predicted molar refractivity (Wildman–Crippen MR) is 97.5 cm³/mol. The minimum Gasteiger partial charge on any atom is -0.480 e. The zero-order valence-corrected chi connectivity index (χ0v) is 17.1. The van der Waals surface area contributed by atoms with Crippen LogP contribution in [-0.2, 0) is 14.3 Å². The number of rotatable bonds is 9. The predicted octanol–water partition coefficient (Wildman–Crippen LogP) is 2.81. The second-order valence-corrected chi connectivity index (χ2v) is 13.7. The molecule has 0 aromatic rings. The molecule has 9 heteroatoms. The molecule has 0 aromatic carbocycles. The van der Waals surface area contributed by atoms with Crippen molar-refractivity contribution in [1.82, 2.24) is 10.6 Å². The molecule has 0 rings (SSSR count). The van der Waals surface area contributed by atoms with E-state index in [-0.39, 0.29) is 19.6 Å². The Morgan fingerprint density at radius 1 is 1.12 bits per heavy atom. The highest BCUT2D eigenvalue weighted by molar-refractivity contribution is 6.76. The molecule has 25 heavy (non-hydrogen) atoms. The molecular weight excluding hydrogens is 344 g/mol. The number of hydrogen-bond acceptors (Lipinski definition) is 5. The lowest BCUT2D eigenvalue weighted by Crippen LogP contribution is -2.42. The molecule has 0 aromatic heterocycles. The van der Waals surface area contributed by atoms with Gasteiger partial charge in [0, 0.05) is 14.6 Å². The fourth-order valence-corrected chi connectivity index (χ4v) is 2.42. The van der Waals surface area contributed by atoms with E-state index >= 15 is 0 Å². The normalized spacial score (nSPS) is 12.9. The van der Waals surface area contributed by atoms with Crippen LogP contribution >= 0.6 is 0 Å². The van der Waals surface area contributed by atoms with Crippen LogP contribution in [0, 0.1) is 0 Å². The minimum atomic E-state index is -1.31. The van der Waals surface area contributed by atoms with Gasteiger partial charge in [0.1, 0.15) is 11.6 Å². The van der Waals surface area contributed by atoms with E-state index in [0.29, 0.717) is 6.42 Å². The molecule has 0 fully saturated rings. The first-order chi connectivity index (χ1) is 11.3. The number of amides is 2. The largest absolute Gasteiger partial charge is 0.480 e. The molecule has 0 aliphatic carbocycles. The van der Waals surface area contributed by atoms with E-state index in [1.54, 1.807) is 20.8 Å². The van der Waals surface area contributed by atoms with Gasteiger partial charge in [-0.05, 0) is 39.7 Å². The van der Waals surface area contributed by atoms with Crippen LogP contribution in [0.15, 0.2) is 0 Å². The molecule has 1 atom stereocenters. The molecule has 0 spiro atoms. The molecule has 0 bridgehead atoms. The van der Waals surface area contributed by atoms with Crippen LogP contribution < -0.4 is 10.6 Å². The van der Waals surface area contributed by atoms with Gasteiger partial charge >= 0.3 is 18.2 Å². The molecule has 8 nitrogen and oxygen atoms in total. The van der Waals surface area contributed by atoms with E-state index in [2.05, 4.69) is 30.3 Å². The number of alkyl carbamates (subject to hydrolysis) is 2. The van der Waals surface area contributed by atoms with E-state index in [0.717, 1.165) is 6.04 Å². The van der Waals surface area contributed by atoms with Gasteiger partial charge in [-0.1, -0.05) is 19.6 Å². The van der Waals surface area contributed by atoms with Crippen LogP contribution in [0.3, 0.4) is 0 Å². The fourth-order valence-electron chi connectivity index (χ4n) is 1.70. The number of carbonyl (C=O) groups is 3. The summed E-state index contributed by atoms with van der Waals surface area (Å²) >= 11 is 0. The van der Waals surface area contributed by atoms with Gasteiger partial charge in [-0.15, -0.1) is 0 Å². The third-order valence-corrected chi connectivity index (χ3v) is 4.72. The Balaban J connectivity index is 4.12. The van der Waals surface area contributed by atoms with E-state index in [1.165, 1.54) is 0 Å². The van der Waals surface area contributed by atoms with Crippen molar-refractivity contribution in [2.45, 2.75) is 70.9 Å². The van der Waals surface area contributed by atoms with Crippen LogP contribution in [0.25, 0.3) is 0 Å². The summed E-state index contributed by atoms with van der Waals surface area (Å²) in [5, 5.41) is 14.0. The summed E-state index contributed by atoms with van der Waals surface area (Å²) in [7, 11) is -1.31. The van der Waals surface area contributed by atoms with Gasteiger partial charge in [0.15, 0.2) is 0 Å². The van der Waals surface area contributed by atoms with E-state index in [9.17, 15) is 14.4 Å². The summed E-state index contributed by atoms with van der Waals surface area (Å²) in [6.45, 7) is 12.3. The Hall–Kier alpha value is -1.77. The smallest absolute Gasteiger partial charge is 0.407 e. The molecule has 3 N–H and O–H groups in total. The molecule has 0 heterocycles. The van der Waals surface area contributed by atoms with Crippen molar-refractivity contribution in [2.24, 2.45) is 0 Å². The van der Waals surface area contributed by atoms with Crippen LogP contribution in [0.1, 0.15) is 33.6 Å². The summed E-state index contributed by atoms with van der Waals surface area (Å²) in [4.78, 5) is 34.4. The van der Waals surface area contributed by atoms with Crippen molar-refractivity contribution >= 4 is 26.2 Å². The summed E-state index contributed by atoms with van der Waals surface area (Å²) in [5.41, 5.74) is -0.588. The topological polar surface area (TPSA) is 114 Å². The summed E-state index contributed by atoms with van der Waals surface area (Å²) < 4.78 is 10.1. The maximum Gasteiger partial charge on any atom is 0.407 e. The first-order valence-electron chi connectivity index (χ1n) is 8.43. The Bertz CT molecular complexity index is 457. The number of carboxylic acids is 1. The maximum atomic E-state index is 11.7. The van der Waals surface area contributed by atoms with Crippen molar-refractivity contribution in [1.29, 1.82) is 0 Å². The maximum absolute atomic E-state index is 11.7. The van der Waals surface area contributed by atoms with Crippen LogP contribution in [0.4, 0.5) is 9.59 Å². The molecule has 0 radical (unpaired) electrons. The van der Waals surface area contributed by atoms with E-state index < -0.39 is 37.9 Å². The lowest BCUT2D eigenvalue weighted by molar-refractivity contribution is -0.139. The third kappa shape index (κ3) is 14.3. The molecular formula is C16H32N2O6Si. The highest BCUT2D eigenvalue weighted by Gasteiger charge is 2.21. The van der Waals surface area contributed by atoms with E-state index in [1.807, 2.05) is 0 Å². The quantitative estimate of drug-likeness (QED) is 0.421. The average molecular weight is 377 g/mol. The molecule has 0 saturated carbocycles. The Kier molecular flexibility index (Phi) is 9.54. The molecule has 146 valence electrons. The number of ether oxygens (including phenoxy) is 2. The monoisotopic (exact) mass is 376 g/mol. The Morgan fingerprint density at radius 2 is 1.72 bits per heavy atom. The minimum absolute atomic E-state index is 0.175. The van der Waals surface area contributed by atoms with Crippen molar-refractivity contribution in [3.8, 4) is 0 Å². The molecule has 0 aliphatic rings. The zero-order chi connectivity index (χ0) is 19.7. The summed E-state index contributed by atoms with van der Waals surface area (Å²) in [5.74, 6) is -1.14. The van der Waals surface area contributed by atoms with Gasteiger partial charge in [-0.3, -0.25) is 0 Å². The van der Waals surface area contributed by atoms with Gasteiger partial charge in [0.05, 0.1) is 6.61 Å². The Labute approximate surface area is 150 Å². The molecule has 2 amide bonds. The first-order valence-corrected chi connectivity index (χ1v) is 12.1. The van der Waals surface area contributed by atoms with Crippen molar-refractivity contribution in [2.75, 3.05) is 13.2 Å². The highest BCUT2D eigenvalue weighted by Crippen LogP contribution is 2.08. The lowest BCUT2D eigenvalue weighted by Gasteiger charge is -2.20. The van der Waals surface area contributed by atoms with Gasteiger partial charge in [-0.2, -0.15) is 0 Å². The summed E-state index contributed by atoms with van der Waals surface area (Å²) in [6.07, 6.45) is -0.733. The van der Waals surface area contributed by atoms with Gasteiger partial charge in [0.25, 0.3) is 0 Å². The number of aliphatic carboxylic acids is 1. The number of carbonyl (C=O) groups excluding carboxylic acids is 2. The molecule has 1 unspecified atom stereocenters. The zero-order valence-electron chi connectivity index (χ0n) is 16.1. The van der Waals surface area contributed by atoms with Gasteiger partial charge < -0.3 is 25.2 Å². The van der Waals surface area contributed by atoms with Crippen molar-refractivity contribution in [3.63, 3.8) is 0 Å². The number of carboxylic acid groups (broad SMARTS) is 1. The molecule has 0 saturated heterocycles. The second-order valence-electron chi connectivity index (χ2n) is 8.05. The fraction of sp³-hybridized carbons (Fsp3) is 0.812. The SMILES string of the molecule is CC(C)(C)OC(=O)NCCCC(NC(=O)OCC[Si](C)(C)C)C(=O)O. The van der Waals surface area contributed by atoms with Crippen molar-refractivity contribution < 1.29 is 29.0 Å². The summed E-state index contributed by atoms with van der Waals surface area (Å²) in [6, 6.07) is -0.238. The number of hydrogen-bond donors (Lipinski definition) is 3. The second kappa shape index (κ2) is 10.3. The van der Waals surface area contributed by atoms with Gasteiger partial charge in [-0.25, -0.2) is 14.4 Å².